The van der Waals surface area contributed by atoms with Gasteiger partial charge >= 0.3 is 0 Å². The Morgan fingerprint density at radius 3 is 2.71 bits per heavy atom. The molecule has 1 rings (SSSR count). The van der Waals surface area contributed by atoms with Gasteiger partial charge in [0.05, 0.1) is 10.6 Å². The third kappa shape index (κ3) is 4.40. The maximum absolute atomic E-state index is 13.4. The number of nitrogen functional groups attached to an aromatic ring is 1. The molecule has 1 aromatic rings. The van der Waals surface area contributed by atoms with Crippen molar-refractivity contribution in [3.05, 3.63) is 24.0 Å². The number of carbonyl (C=O) groups excluding carboxylic acids is 1. The van der Waals surface area contributed by atoms with Crippen LogP contribution in [0.25, 0.3) is 0 Å². The Morgan fingerprint density at radius 1 is 1.48 bits per heavy atom. The summed E-state index contributed by atoms with van der Waals surface area (Å²) in [6, 6.07) is 3.16. The lowest BCUT2D eigenvalue weighted by Crippen LogP contribution is -2.38. The molecule has 0 bridgehead atoms. The van der Waals surface area contributed by atoms with Crippen molar-refractivity contribution in [3.63, 3.8) is 0 Å². The van der Waals surface area contributed by atoms with Crippen LogP contribution in [0.5, 0.6) is 0 Å². The SMILES string of the molecule is COCCCNC(=O)C(C)S(=O)(=O)c1ccc(N)c(F)c1. The number of hydrogen-bond acceptors (Lipinski definition) is 5. The quantitative estimate of drug-likeness (QED) is 0.570. The minimum Gasteiger partial charge on any atom is -0.396 e. The summed E-state index contributed by atoms with van der Waals surface area (Å²) in [7, 11) is -2.43. The molecule has 1 atom stereocenters. The highest BCUT2D eigenvalue weighted by molar-refractivity contribution is 7.92. The van der Waals surface area contributed by atoms with Crippen LogP contribution in [0, 0.1) is 5.82 Å². The first-order valence-corrected chi connectivity index (χ1v) is 7.91. The number of carbonyl (C=O) groups is 1. The summed E-state index contributed by atoms with van der Waals surface area (Å²) in [5.41, 5.74) is 5.15. The standard InChI is InChI=1S/C13H19FN2O4S/c1-9(13(17)16-6-3-7-20-2)21(18,19)10-4-5-12(15)11(14)8-10/h4-5,8-9H,3,6-7,15H2,1-2H3,(H,16,17). The van der Waals surface area contributed by atoms with Crippen LogP contribution in [0.3, 0.4) is 0 Å². The average molecular weight is 318 g/mol. The molecule has 0 fully saturated rings. The van der Waals surface area contributed by atoms with Crippen LogP contribution in [-0.4, -0.2) is 39.8 Å². The molecule has 0 saturated heterocycles. The molecule has 8 heteroatoms. The number of amides is 1. The molecule has 3 N–H and O–H groups in total. The smallest absolute Gasteiger partial charge is 0.238 e. The first kappa shape index (κ1) is 17.4. The fourth-order valence-electron chi connectivity index (χ4n) is 1.60. The number of nitrogens with one attached hydrogen (secondary N) is 1. The fourth-order valence-corrected chi connectivity index (χ4v) is 2.90. The molecule has 1 amide bonds. The van der Waals surface area contributed by atoms with Crippen LogP contribution in [0.2, 0.25) is 0 Å². The van der Waals surface area contributed by atoms with E-state index in [1.54, 1.807) is 0 Å². The van der Waals surface area contributed by atoms with Crippen LogP contribution < -0.4 is 11.1 Å². The molecule has 118 valence electrons. The molecule has 0 saturated carbocycles. The molecular weight excluding hydrogens is 299 g/mol. The topological polar surface area (TPSA) is 98.5 Å². The van der Waals surface area contributed by atoms with E-state index >= 15 is 0 Å². The maximum Gasteiger partial charge on any atom is 0.238 e. The third-order valence-electron chi connectivity index (χ3n) is 2.96. The first-order chi connectivity index (χ1) is 9.80. The van der Waals surface area contributed by atoms with Gasteiger partial charge in [-0.05, 0) is 31.5 Å². The van der Waals surface area contributed by atoms with E-state index in [-0.39, 0.29) is 10.6 Å². The van der Waals surface area contributed by atoms with Crippen LogP contribution in [0.1, 0.15) is 13.3 Å². The lowest BCUT2D eigenvalue weighted by molar-refractivity contribution is -0.120. The van der Waals surface area contributed by atoms with Gasteiger partial charge in [-0.1, -0.05) is 0 Å². The molecule has 0 aliphatic rings. The van der Waals surface area contributed by atoms with Crippen molar-refractivity contribution >= 4 is 21.4 Å². The summed E-state index contributed by atoms with van der Waals surface area (Å²) in [6.45, 7) is 2.03. The summed E-state index contributed by atoms with van der Waals surface area (Å²) >= 11 is 0. The Labute approximate surface area is 123 Å². The fraction of sp³-hybridized carbons (Fsp3) is 0.462. The van der Waals surface area contributed by atoms with Gasteiger partial charge in [0.1, 0.15) is 11.1 Å². The summed E-state index contributed by atoms with van der Waals surface area (Å²) in [4.78, 5) is 11.6. The molecule has 0 heterocycles. The van der Waals surface area contributed by atoms with Crippen LogP contribution in [-0.2, 0) is 19.4 Å². The maximum atomic E-state index is 13.4. The van der Waals surface area contributed by atoms with Crippen molar-refractivity contribution in [3.8, 4) is 0 Å². The summed E-state index contributed by atoms with van der Waals surface area (Å²) in [6.07, 6.45) is 0.575. The van der Waals surface area contributed by atoms with Crippen molar-refractivity contribution in [2.45, 2.75) is 23.5 Å². The number of nitrogens with two attached hydrogens (primary N) is 1. The van der Waals surface area contributed by atoms with Gasteiger partial charge in [0, 0.05) is 20.3 Å². The lowest BCUT2D eigenvalue weighted by Gasteiger charge is -2.13. The zero-order valence-electron chi connectivity index (χ0n) is 11.9. The van der Waals surface area contributed by atoms with Gasteiger partial charge in [0.25, 0.3) is 0 Å². The van der Waals surface area contributed by atoms with Gasteiger partial charge in [0.2, 0.25) is 5.91 Å². The zero-order chi connectivity index (χ0) is 16.0. The largest absolute Gasteiger partial charge is 0.396 e. The number of halogens is 1. The molecule has 0 aliphatic heterocycles. The molecule has 1 unspecified atom stereocenters. The van der Waals surface area contributed by atoms with Crippen LogP contribution >= 0.6 is 0 Å². The van der Waals surface area contributed by atoms with E-state index in [9.17, 15) is 17.6 Å². The van der Waals surface area contributed by atoms with Gasteiger partial charge in [-0.2, -0.15) is 0 Å². The van der Waals surface area contributed by atoms with Crippen molar-refractivity contribution in [1.29, 1.82) is 0 Å². The monoisotopic (exact) mass is 318 g/mol. The zero-order valence-corrected chi connectivity index (χ0v) is 12.7. The summed E-state index contributed by atoms with van der Waals surface area (Å²) in [5.74, 6) is -1.47. The minimum atomic E-state index is -3.96. The van der Waals surface area contributed by atoms with Crippen molar-refractivity contribution in [1.82, 2.24) is 5.32 Å². The number of rotatable bonds is 7. The lowest BCUT2D eigenvalue weighted by atomic mass is 10.3. The number of anilines is 1. The minimum absolute atomic E-state index is 0.148. The summed E-state index contributed by atoms with van der Waals surface area (Å²) < 4.78 is 42.6. The van der Waals surface area contributed by atoms with Crippen LogP contribution in [0.15, 0.2) is 23.1 Å². The first-order valence-electron chi connectivity index (χ1n) is 6.36. The highest BCUT2D eigenvalue weighted by Crippen LogP contribution is 2.20. The number of ether oxygens (including phenoxy) is 1. The van der Waals surface area contributed by atoms with Gasteiger partial charge in [-0.25, -0.2) is 12.8 Å². The Morgan fingerprint density at radius 2 is 2.14 bits per heavy atom. The highest BCUT2D eigenvalue weighted by Gasteiger charge is 2.30. The molecule has 6 nitrogen and oxygen atoms in total. The molecular formula is C13H19FN2O4S. The van der Waals surface area contributed by atoms with Gasteiger partial charge in [0.15, 0.2) is 9.84 Å². The van der Waals surface area contributed by atoms with E-state index in [1.165, 1.54) is 20.1 Å². The van der Waals surface area contributed by atoms with E-state index in [4.69, 9.17) is 10.5 Å². The Hall–Kier alpha value is -1.67. The second-order valence-corrected chi connectivity index (χ2v) is 6.78. The Bertz CT molecular complexity index is 604. The normalized spacial score (nSPS) is 12.9. The number of sulfone groups is 1. The summed E-state index contributed by atoms with van der Waals surface area (Å²) in [5, 5.41) is 1.19. The Kier molecular flexibility index (Phi) is 6.10. The molecule has 0 aliphatic carbocycles. The van der Waals surface area contributed by atoms with Crippen molar-refractivity contribution in [2.24, 2.45) is 0 Å². The molecule has 0 spiro atoms. The molecule has 0 aromatic heterocycles. The molecule has 1 aromatic carbocycles. The van der Waals surface area contributed by atoms with Crippen molar-refractivity contribution in [2.75, 3.05) is 26.0 Å². The highest BCUT2D eigenvalue weighted by atomic mass is 32.2. The van der Waals surface area contributed by atoms with Crippen LogP contribution in [0.4, 0.5) is 10.1 Å². The van der Waals surface area contributed by atoms with Crippen molar-refractivity contribution < 1.29 is 22.3 Å². The van der Waals surface area contributed by atoms with E-state index in [1.807, 2.05) is 0 Å². The molecule has 21 heavy (non-hydrogen) atoms. The van der Waals surface area contributed by atoms with E-state index in [2.05, 4.69) is 5.32 Å². The molecule has 0 radical (unpaired) electrons. The van der Waals surface area contributed by atoms with E-state index in [0.29, 0.717) is 19.6 Å². The van der Waals surface area contributed by atoms with Gasteiger partial charge < -0.3 is 15.8 Å². The second kappa shape index (κ2) is 7.37. The number of methoxy groups -OCH3 is 1. The average Bonchev–Trinajstić information content (AvgIpc) is 2.45. The predicted molar refractivity (Wildman–Crippen MR) is 77.0 cm³/mol. The Balaban J connectivity index is 2.81. The predicted octanol–water partition coefficient (Wildman–Crippen LogP) is 0.723. The second-order valence-electron chi connectivity index (χ2n) is 4.51. The van der Waals surface area contributed by atoms with E-state index < -0.39 is 26.8 Å². The number of benzene rings is 1. The van der Waals surface area contributed by atoms with E-state index in [0.717, 1.165) is 12.1 Å². The van der Waals surface area contributed by atoms with Gasteiger partial charge in [-0.3, -0.25) is 4.79 Å². The third-order valence-corrected chi connectivity index (χ3v) is 5.02. The van der Waals surface area contributed by atoms with Gasteiger partial charge in [-0.15, -0.1) is 0 Å². The number of hydrogen-bond donors (Lipinski definition) is 2.